The standard InChI is InChI=1S/C25H28N2O4S/c1-3-19-6-9-22-21(16-19)24(27-12-10-25(11-13-27)30-14-15-31-25)23(17-26-22)32(28,29)20-7-4-18(2)5-8-20/h4-9,16-17H,3,10-15H2,1-2H3/p+1. The van der Waals surface area contributed by atoms with Gasteiger partial charge >= 0.3 is 0 Å². The number of ether oxygens (including phenoxy) is 2. The third kappa shape index (κ3) is 3.68. The molecule has 3 heterocycles. The van der Waals surface area contributed by atoms with Crippen molar-refractivity contribution in [2.24, 2.45) is 0 Å². The number of hydrogen-bond acceptors (Lipinski definition) is 5. The third-order valence-electron chi connectivity index (χ3n) is 6.62. The molecule has 7 heteroatoms. The molecule has 5 rings (SSSR count). The van der Waals surface area contributed by atoms with Gasteiger partial charge in [0.05, 0.1) is 29.2 Å². The van der Waals surface area contributed by atoms with Gasteiger partial charge in [-0.25, -0.2) is 13.4 Å². The maximum absolute atomic E-state index is 13.8. The first kappa shape index (κ1) is 21.4. The molecule has 32 heavy (non-hydrogen) atoms. The minimum Gasteiger partial charge on any atom is -0.369 e. The van der Waals surface area contributed by atoms with Crippen LogP contribution in [0.5, 0.6) is 0 Å². The van der Waals surface area contributed by atoms with Crippen LogP contribution in [0.25, 0.3) is 10.9 Å². The lowest BCUT2D eigenvalue weighted by molar-refractivity contribution is -0.347. The Bertz CT molecular complexity index is 1240. The molecule has 6 nitrogen and oxygen atoms in total. The fourth-order valence-corrected chi connectivity index (χ4v) is 6.17. The minimum absolute atomic E-state index is 0.305. The summed E-state index contributed by atoms with van der Waals surface area (Å²) in [6.45, 7) is 6.65. The van der Waals surface area contributed by atoms with Crippen LogP contribution in [0.4, 0.5) is 5.69 Å². The van der Waals surface area contributed by atoms with Gasteiger partial charge in [0.15, 0.2) is 16.9 Å². The molecule has 2 aliphatic heterocycles. The van der Waals surface area contributed by atoms with Crippen LogP contribution in [0.3, 0.4) is 0 Å². The number of nitrogens with one attached hydrogen (secondary N) is 1. The molecule has 0 atom stereocenters. The van der Waals surface area contributed by atoms with Gasteiger partial charge in [-0.1, -0.05) is 30.7 Å². The molecule has 1 spiro atoms. The van der Waals surface area contributed by atoms with Gasteiger partial charge in [0.1, 0.15) is 0 Å². The molecular formula is C25H29N2O4S+. The van der Waals surface area contributed by atoms with Crippen LogP contribution in [-0.2, 0) is 25.7 Å². The van der Waals surface area contributed by atoms with Crippen molar-refractivity contribution in [1.29, 1.82) is 0 Å². The average molecular weight is 454 g/mol. The lowest BCUT2D eigenvalue weighted by Crippen LogP contribution is -2.45. The van der Waals surface area contributed by atoms with Crippen molar-refractivity contribution in [1.82, 2.24) is 0 Å². The molecule has 2 aliphatic rings. The van der Waals surface area contributed by atoms with Gasteiger partial charge in [0, 0.05) is 32.0 Å². The summed E-state index contributed by atoms with van der Waals surface area (Å²) in [6, 6.07) is 13.3. The molecule has 2 aromatic carbocycles. The molecule has 1 aromatic heterocycles. The van der Waals surface area contributed by atoms with Crippen LogP contribution in [0.15, 0.2) is 58.5 Å². The third-order valence-corrected chi connectivity index (χ3v) is 8.40. The van der Waals surface area contributed by atoms with E-state index < -0.39 is 15.6 Å². The summed E-state index contributed by atoms with van der Waals surface area (Å²) in [7, 11) is -3.71. The van der Waals surface area contributed by atoms with Crippen molar-refractivity contribution >= 4 is 26.4 Å². The second-order valence-electron chi connectivity index (χ2n) is 8.65. The molecule has 1 N–H and O–H groups in total. The van der Waals surface area contributed by atoms with E-state index in [-0.39, 0.29) is 0 Å². The lowest BCUT2D eigenvalue weighted by Gasteiger charge is -2.39. The first-order chi connectivity index (χ1) is 15.4. The highest BCUT2D eigenvalue weighted by molar-refractivity contribution is 7.91. The number of aromatic amines is 1. The number of aryl methyl sites for hydroxylation is 2. The Labute approximate surface area is 189 Å². The molecule has 2 fully saturated rings. The van der Waals surface area contributed by atoms with Crippen molar-refractivity contribution in [2.75, 3.05) is 31.2 Å². The van der Waals surface area contributed by atoms with Crippen LogP contribution in [0.1, 0.15) is 30.9 Å². The Hall–Kier alpha value is -2.48. The minimum atomic E-state index is -3.71. The molecule has 2 saturated heterocycles. The van der Waals surface area contributed by atoms with E-state index in [9.17, 15) is 8.42 Å². The first-order valence-corrected chi connectivity index (χ1v) is 12.7. The summed E-state index contributed by atoms with van der Waals surface area (Å²) in [5, 5.41) is 0.932. The second-order valence-corrected chi connectivity index (χ2v) is 10.6. The molecular weight excluding hydrogens is 424 g/mol. The van der Waals surface area contributed by atoms with Gasteiger partial charge in [0.2, 0.25) is 15.4 Å². The van der Waals surface area contributed by atoms with Crippen molar-refractivity contribution in [3.63, 3.8) is 0 Å². The largest absolute Gasteiger partial charge is 0.369 e. The van der Waals surface area contributed by atoms with E-state index in [4.69, 9.17) is 9.47 Å². The molecule has 168 valence electrons. The van der Waals surface area contributed by atoms with Gasteiger partial charge in [-0.3, -0.25) is 0 Å². The van der Waals surface area contributed by atoms with Gasteiger partial charge in [-0.2, -0.15) is 0 Å². The fourth-order valence-electron chi connectivity index (χ4n) is 4.71. The van der Waals surface area contributed by atoms with E-state index in [1.807, 2.05) is 25.1 Å². The highest BCUT2D eigenvalue weighted by Gasteiger charge is 2.41. The Balaban J connectivity index is 1.65. The topological polar surface area (TPSA) is 70.0 Å². The monoisotopic (exact) mass is 453 g/mol. The van der Waals surface area contributed by atoms with Crippen molar-refractivity contribution in [2.45, 2.75) is 48.7 Å². The number of pyridine rings is 1. The number of fused-ring (bicyclic) bond motifs is 1. The van der Waals surface area contributed by atoms with Gasteiger partial charge < -0.3 is 14.4 Å². The summed E-state index contributed by atoms with van der Waals surface area (Å²) < 4.78 is 39.3. The molecule has 0 unspecified atom stereocenters. The summed E-state index contributed by atoms with van der Waals surface area (Å²) in [4.78, 5) is 6.03. The number of benzene rings is 2. The zero-order valence-corrected chi connectivity index (χ0v) is 19.4. The molecule has 0 amide bonds. The van der Waals surface area contributed by atoms with E-state index >= 15 is 0 Å². The summed E-state index contributed by atoms with van der Waals surface area (Å²) >= 11 is 0. The number of aromatic nitrogens is 1. The van der Waals surface area contributed by atoms with E-state index in [1.165, 1.54) is 5.56 Å². The predicted molar refractivity (Wildman–Crippen MR) is 123 cm³/mol. The molecule has 0 saturated carbocycles. The van der Waals surface area contributed by atoms with E-state index in [0.29, 0.717) is 48.9 Å². The van der Waals surface area contributed by atoms with Gasteiger partial charge in [-0.05, 0) is 37.1 Å². The number of nitrogens with zero attached hydrogens (tertiary/aromatic N) is 1. The zero-order valence-electron chi connectivity index (χ0n) is 18.6. The number of H-pyrrole nitrogens is 1. The fraction of sp³-hybridized carbons (Fsp3) is 0.400. The van der Waals surface area contributed by atoms with Crippen molar-refractivity contribution in [3.05, 3.63) is 59.8 Å². The SMILES string of the molecule is CCc1ccc2[nH+]cc(S(=O)(=O)c3ccc(C)cc3)c(N3CCC4(CC3)OCCO4)c2c1. The number of hydrogen-bond donors (Lipinski definition) is 0. The zero-order chi connectivity index (χ0) is 22.3. The Kier molecular flexibility index (Phi) is 5.43. The van der Waals surface area contributed by atoms with Crippen LogP contribution in [0, 0.1) is 6.92 Å². The van der Waals surface area contributed by atoms with E-state index in [1.54, 1.807) is 18.3 Å². The van der Waals surface area contributed by atoms with Crippen molar-refractivity contribution < 1.29 is 22.9 Å². The summed E-state index contributed by atoms with van der Waals surface area (Å²) in [5.74, 6) is -0.516. The van der Waals surface area contributed by atoms with Crippen molar-refractivity contribution in [3.8, 4) is 0 Å². The number of sulfone groups is 1. The molecule has 0 radical (unpaired) electrons. The summed E-state index contributed by atoms with van der Waals surface area (Å²) in [6.07, 6.45) is 3.95. The Morgan fingerprint density at radius 3 is 2.38 bits per heavy atom. The molecule has 0 bridgehead atoms. The number of anilines is 1. The quantitative estimate of drug-likeness (QED) is 0.602. The molecule has 0 aliphatic carbocycles. The van der Waals surface area contributed by atoms with Crippen LogP contribution >= 0.6 is 0 Å². The highest BCUT2D eigenvalue weighted by atomic mass is 32.2. The number of piperidine rings is 1. The van der Waals surface area contributed by atoms with Crippen LogP contribution < -0.4 is 9.88 Å². The van der Waals surface area contributed by atoms with Gasteiger partial charge in [-0.15, -0.1) is 0 Å². The smallest absolute Gasteiger partial charge is 0.214 e. The van der Waals surface area contributed by atoms with E-state index in [0.717, 1.165) is 28.6 Å². The summed E-state index contributed by atoms with van der Waals surface area (Å²) in [5.41, 5.74) is 3.89. The van der Waals surface area contributed by atoms with Crippen LogP contribution in [-0.4, -0.2) is 40.5 Å². The first-order valence-electron chi connectivity index (χ1n) is 11.2. The maximum atomic E-state index is 13.8. The molecule has 3 aromatic rings. The normalized spacial score (nSPS) is 18.5. The Morgan fingerprint density at radius 1 is 1.03 bits per heavy atom. The second kappa shape index (κ2) is 8.14. The average Bonchev–Trinajstić information content (AvgIpc) is 3.26. The highest BCUT2D eigenvalue weighted by Crippen LogP contribution is 2.39. The van der Waals surface area contributed by atoms with Gasteiger partial charge in [0.25, 0.3) is 0 Å². The number of rotatable bonds is 4. The van der Waals surface area contributed by atoms with E-state index in [2.05, 4.69) is 28.9 Å². The lowest BCUT2D eigenvalue weighted by atomic mass is 10.0. The predicted octanol–water partition coefficient (Wildman–Crippen LogP) is 3.70. The van der Waals surface area contributed by atoms with Crippen LogP contribution in [0.2, 0.25) is 0 Å². The Morgan fingerprint density at radius 2 is 1.72 bits per heavy atom. The maximum Gasteiger partial charge on any atom is 0.214 e.